The lowest BCUT2D eigenvalue weighted by Crippen LogP contribution is -1.79. The second kappa shape index (κ2) is 2.04. The van der Waals surface area contributed by atoms with Gasteiger partial charge in [0, 0.05) is 24.7 Å². The Labute approximate surface area is 72.3 Å². The quantitative estimate of drug-likeness (QED) is 0.519. The first kappa shape index (κ1) is 6.14. The molecule has 3 rings (SSSR count). The summed E-state index contributed by atoms with van der Waals surface area (Å²) >= 11 is 1.60. The number of rotatable bonds is 0. The molecule has 12 heavy (non-hydrogen) atoms. The van der Waals surface area contributed by atoms with Crippen molar-refractivity contribution in [1.29, 1.82) is 0 Å². The van der Waals surface area contributed by atoms with Crippen molar-refractivity contribution in [1.82, 2.24) is 14.4 Å². The van der Waals surface area contributed by atoms with Crippen molar-refractivity contribution in [3.05, 3.63) is 30.7 Å². The molecule has 0 aliphatic heterocycles. The smallest absolute Gasteiger partial charge is 0.195 e. The van der Waals surface area contributed by atoms with Crippen LogP contribution in [0.25, 0.3) is 15.3 Å². The molecule has 0 N–H and O–H groups in total. The lowest BCUT2D eigenvalue weighted by atomic mass is 10.5. The molecule has 3 heterocycles. The molecule has 4 heteroatoms. The van der Waals surface area contributed by atoms with Gasteiger partial charge in [-0.25, -0.2) is 9.97 Å². The van der Waals surface area contributed by atoms with Crippen molar-refractivity contribution in [2.45, 2.75) is 0 Å². The van der Waals surface area contributed by atoms with Gasteiger partial charge in [-0.05, 0) is 6.07 Å². The standard InChI is InChI=1S/C8H4N3S/c1-2-6-7(9-3-1)11-5-4-10-8(11)12-6/h1,3-5H. The fourth-order valence-corrected chi connectivity index (χ4v) is 2.12. The zero-order valence-corrected chi connectivity index (χ0v) is 6.88. The summed E-state index contributed by atoms with van der Waals surface area (Å²) in [4.78, 5) is 9.39. The third-order valence-electron chi connectivity index (χ3n) is 1.72. The van der Waals surface area contributed by atoms with E-state index in [2.05, 4.69) is 16.0 Å². The minimum Gasteiger partial charge on any atom is -0.274 e. The number of pyridine rings is 1. The monoisotopic (exact) mass is 174 g/mol. The van der Waals surface area contributed by atoms with Crippen LogP contribution in [0.3, 0.4) is 0 Å². The highest BCUT2D eigenvalue weighted by Gasteiger charge is 2.03. The van der Waals surface area contributed by atoms with Crippen LogP contribution in [0.15, 0.2) is 24.7 Å². The fraction of sp³-hybridized carbons (Fsp3) is 0. The zero-order valence-electron chi connectivity index (χ0n) is 6.06. The van der Waals surface area contributed by atoms with Gasteiger partial charge in [-0.3, -0.25) is 4.40 Å². The number of fused-ring (bicyclic) bond motifs is 3. The highest BCUT2D eigenvalue weighted by Crippen LogP contribution is 2.22. The van der Waals surface area contributed by atoms with Crippen LogP contribution in [-0.4, -0.2) is 14.4 Å². The van der Waals surface area contributed by atoms with Gasteiger partial charge >= 0.3 is 0 Å². The van der Waals surface area contributed by atoms with Crippen LogP contribution in [-0.2, 0) is 0 Å². The Bertz CT molecular complexity index is 536. The largest absolute Gasteiger partial charge is 0.274 e. The van der Waals surface area contributed by atoms with Gasteiger partial charge < -0.3 is 0 Å². The molecule has 0 aliphatic rings. The average molecular weight is 174 g/mol. The lowest BCUT2D eigenvalue weighted by Gasteiger charge is -1.85. The maximum absolute atomic E-state index is 4.24. The molecule has 3 nitrogen and oxygen atoms in total. The SMILES string of the molecule is [c]1ccnc2c1sc1nccn12. The van der Waals surface area contributed by atoms with E-state index in [1.54, 1.807) is 23.7 Å². The van der Waals surface area contributed by atoms with Gasteiger partial charge in [0.25, 0.3) is 0 Å². The number of imidazole rings is 1. The number of hydrogen-bond acceptors (Lipinski definition) is 3. The molecular weight excluding hydrogens is 170 g/mol. The second-order valence-corrected chi connectivity index (χ2v) is 3.40. The summed E-state index contributed by atoms with van der Waals surface area (Å²) in [6.45, 7) is 0. The number of aromatic nitrogens is 3. The van der Waals surface area contributed by atoms with Crippen LogP contribution in [0.1, 0.15) is 0 Å². The van der Waals surface area contributed by atoms with Crippen molar-refractivity contribution < 1.29 is 0 Å². The Morgan fingerprint density at radius 1 is 1.33 bits per heavy atom. The van der Waals surface area contributed by atoms with Gasteiger partial charge in [0.2, 0.25) is 0 Å². The molecule has 3 aromatic heterocycles. The van der Waals surface area contributed by atoms with Crippen molar-refractivity contribution in [2.75, 3.05) is 0 Å². The summed E-state index contributed by atoms with van der Waals surface area (Å²) in [7, 11) is 0. The van der Waals surface area contributed by atoms with Crippen LogP contribution in [0.2, 0.25) is 0 Å². The minimum atomic E-state index is 0.940. The van der Waals surface area contributed by atoms with Crippen molar-refractivity contribution in [3.8, 4) is 0 Å². The van der Waals surface area contributed by atoms with E-state index in [1.807, 2.05) is 16.7 Å². The van der Waals surface area contributed by atoms with Crippen molar-refractivity contribution in [3.63, 3.8) is 0 Å². The van der Waals surface area contributed by atoms with Gasteiger partial charge in [-0.2, -0.15) is 0 Å². The van der Waals surface area contributed by atoms with E-state index in [0.29, 0.717) is 0 Å². The Morgan fingerprint density at radius 2 is 2.33 bits per heavy atom. The fourth-order valence-electron chi connectivity index (χ4n) is 1.21. The normalized spacial score (nSPS) is 11.3. The summed E-state index contributed by atoms with van der Waals surface area (Å²) in [6, 6.07) is 4.94. The first-order valence-corrected chi connectivity index (χ1v) is 4.35. The summed E-state index contributed by atoms with van der Waals surface area (Å²) in [5, 5.41) is 0. The molecule has 0 saturated heterocycles. The molecule has 0 spiro atoms. The molecule has 0 atom stereocenters. The minimum absolute atomic E-state index is 0.940. The summed E-state index contributed by atoms with van der Waals surface area (Å²) < 4.78 is 3.02. The first-order valence-electron chi connectivity index (χ1n) is 3.53. The van der Waals surface area contributed by atoms with Gasteiger partial charge in [0.05, 0.1) is 4.70 Å². The summed E-state index contributed by atoms with van der Waals surface area (Å²) in [5.74, 6) is 0. The topological polar surface area (TPSA) is 30.2 Å². The molecule has 0 saturated carbocycles. The van der Waals surface area contributed by atoms with E-state index in [-0.39, 0.29) is 0 Å². The molecule has 0 fully saturated rings. The van der Waals surface area contributed by atoms with Crippen LogP contribution >= 0.6 is 11.3 Å². The molecule has 57 valence electrons. The molecule has 0 unspecified atom stereocenters. The molecule has 3 aromatic rings. The van der Waals surface area contributed by atoms with Gasteiger partial charge in [-0.1, -0.05) is 11.3 Å². The maximum Gasteiger partial charge on any atom is 0.195 e. The van der Waals surface area contributed by atoms with E-state index in [9.17, 15) is 0 Å². The second-order valence-electron chi connectivity index (χ2n) is 2.42. The number of hydrogen-bond donors (Lipinski definition) is 0. The molecule has 0 aromatic carbocycles. The highest BCUT2D eigenvalue weighted by atomic mass is 32.1. The molecule has 0 aliphatic carbocycles. The van der Waals surface area contributed by atoms with Crippen molar-refractivity contribution >= 4 is 26.6 Å². The van der Waals surface area contributed by atoms with E-state index >= 15 is 0 Å². The van der Waals surface area contributed by atoms with E-state index in [0.717, 1.165) is 15.3 Å². The first-order chi connectivity index (χ1) is 5.95. The molecular formula is C8H4N3S. The predicted molar refractivity (Wildman–Crippen MR) is 47.2 cm³/mol. The average Bonchev–Trinajstić information content (AvgIpc) is 2.62. The van der Waals surface area contributed by atoms with Gasteiger partial charge in [0.1, 0.15) is 0 Å². The van der Waals surface area contributed by atoms with Crippen molar-refractivity contribution in [2.24, 2.45) is 0 Å². The number of thiazole rings is 1. The Kier molecular flexibility index (Phi) is 1.04. The van der Waals surface area contributed by atoms with Gasteiger partial charge in [0.15, 0.2) is 10.6 Å². The molecule has 0 bridgehead atoms. The van der Waals surface area contributed by atoms with Crippen LogP contribution in [0.5, 0.6) is 0 Å². The van der Waals surface area contributed by atoms with Crippen LogP contribution < -0.4 is 0 Å². The lowest BCUT2D eigenvalue weighted by molar-refractivity contribution is 1.22. The third kappa shape index (κ3) is 0.648. The van der Waals surface area contributed by atoms with E-state index in [1.165, 1.54) is 0 Å². The maximum atomic E-state index is 4.24. The predicted octanol–water partition coefficient (Wildman–Crippen LogP) is 1.74. The van der Waals surface area contributed by atoms with E-state index in [4.69, 9.17) is 0 Å². The summed E-state index contributed by atoms with van der Waals surface area (Å²) in [6.07, 6.45) is 5.43. The Hall–Kier alpha value is -1.42. The number of nitrogens with zero attached hydrogens (tertiary/aromatic N) is 3. The highest BCUT2D eigenvalue weighted by molar-refractivity contribution is 7.23. The zero-order chi connectivity index (χ0) is 7.97. The molecule has 0 amide bonds. The van der Waals surface area contributed by atoms with Crippen LogP contribution in [0, 0.1) is 6.07 Å². The Balaban J connectivity index is 2.68. The third-order valence-corrected chi connectivity index (χ3v) is 2.71. The van der Waals surface area contributed by atoms with Crippen LogP contribution in [0.4, 0.5) is 0 Å². The summed E-state index contributed by atoms with van der Waals surface area (Å²) in [5.41, 5.74) is 0.940. The Morgan fingerprint density at radius 3 is 3.33 bits per heavy atom. The van der Waals surface area contributed by atoms with E-state index < -0.39 is 0 Å². The molecule has 1 radical (unpaired) electrons. The van der Waals surface area contributed by atoms with Gasteiger partial charge in [-0.15, -0.1) is 0 Å².